The molecular formula is C18H23N5O3. The quantitative estimate of drug-likeness (QED) is 0.839. The van der Waals surface area contributed by atoms with Crippen LogP contribution in [0.3, 0.4) is 0 Å². The van der Waals surface area contributed by atoms with E-state index in [0.29, 0.717) is 18.7 Å². The van der Waals surface area contributed by atoms with Crippen LogP contribution in [0.1, 0.15) is 22.5 Å². The first-order valence-corrected chi connectivity index (χ1v) is 8.51. The van der Waals surface area contributed by atoms with Crippen molar-refractivity contribution in [3.05, 3.63) is 52.3 Å². The molecule has 3 rings (SSSR count). The fraction of sp³-hybridized carbons (Fsp3) is 0.444. The minimum Gasteiger partial charge on any atom is -0.380 e. The van der Waals surface area contributed by atoms with Crippen LogP contribution in [0.15, 0.2) is 35.5 Å². The first-order chi connectivity index (χ1) is 12.5. The largest absolute Gasteiger partial charge is 0.380 e. The van der Waals surface area contributed by atoms with Crippen molar-refractivity contribution in [2.24, 2.45) is 7.05 Å². The Bertz CT molecular complexity index is 851. The van der Waals surface area contributed by atoms with E-state index in [4.69, 9.17) is 4.74 Å². The van der Waals surface area contributed by atoms with Gasteiger partial charge >= 0.3 is 0 Å². The number of aryl methyl sites for hydroxylation is 2. The number of anilines is 1. The maximum atomic E-state index is 12.4. The fourth-order valence-electron chi connectivity index (χ4n) is 3.12. The van der Waals surface area contributed by atoms with E-state index in [2.05, 4.69) is 20.2 Å². The highest BCUT2D eigenvalue weighted by atomic mass is 16.5. The van der Waals surface area contributed by atoms with Gasteiger partial charge in [-0.15, -0.1) is 0 Å². The Labute approximate surface area is 151 Å². The molecule has 1 fully saturated rings. The predicted molar refractivity (Wildman–Crippen MR) is 97.3 cm³/mol. The number of pyridine rings is 1. The lowest BCUT2D eigenvalue weighted by Crippen LogP contribution is -2.41. The summed E-state index contributed by atoms with van der Waals surface area (Å²) in [5, 5.41) is 2.92. The first kappa shape index (κ1) is 18.1. The lowest BCUT2D eigenvalue weighted by molar-refractivity contribution is 0.0946. The molecule has 26 heavy (non-hydrogen) atoms. The fourth-order valence-corrected chi connectivity index (χ4v) is 3.12. The molecule has 0 radical (unpaired) electrons. The topological polar surface area (TPSA) is 89.4 Å². The average molecular weight is 357 g/mol. The van der Waals surface area contributed by atoms with Gasteiger partial charge in [0.1, 0.15) is 12.1 Å². The van der Waals surface area contributed by atoms with Crippen molar-refractivity contribution in [1.29, 1.82) is 0 Å². The van der Waals surface area contributed by atoms with Crippen LogP contribution in [0.5, 0.6) is 0 Å². The molecule has 1 N–H and O–H groups in total. The van der Waals surface area contributed by atoms with Crippen LogP contribution in [0.25, 0.3) is 0 Å². The van der Waals surface area contributed by atoms with E-state index in [1.165, 1.54) is 10.6 Å². The van der Waals surface area contributed by atoms with E-state index in [9.17, 15) is 9.59 Å². The second kappa shape index (κ2) is 7.65. The number of carbonyl (C=O) groups excluding carboxylic acids is 1. The zero-order valence-electron chi connectivity index (χ0n) is 15.2. The third-order valence-corrected chi connectivity index (χ3v) is 4.66. The van der Waals surface area contributed by atoms with E-state index in [1.807, 2.05) is 13.0 Å². The Balaban J connectivity index is 1.71. The van der Waals surface area contributed by atoms with Crippen LogP contribution < -0.4 is 15.8 Å². The van der Waals surface area contributed by atoms with Crippen LogP contribution >= 0.6 is 0 Å². The smallest absolute Gasteiger partial charge is 0.251 e. The summed E-state index contributed by atoms with van der Waals surface area (Å²) in [5.74, 6) is 0.562. The van der Waals surface area contributed by atoms with Crippen LogP contribution in [0, 0.1) is 6.92 Å². The molecular weight excluding hydrogens is 334 g/mol. The molecule has 1 saturated heterocycles. The zero-order chi connectivity index (χ0) is 18.7. The lowest BCUT2D eigenvalue weighted by atomic mass is 10.2. The Morgan fingerprint density at radius 3 is 2.88 bits per heavy atom. The highest BCUT2D eigenvalue weighted by Gasteiger charge is 2.33. The van der Waals surface area contributed by atoms with E-state index >= 15 is 0 Å². The number of nitrogens with zero attached hydrogens (tertiary/aromatic N) is 4. The molecule has 1 aliphatic heterocycles. The van der Waals surface area contributed by atoms with Crippen molar-refractivity contribution in [1.82, 2.24) is 19.9 Å². The number of amides is 1. The molecule has 8 heteroatoms. The maximum absolute atomic E-state index is 12.4. The Hall–Kier alpha value is -2.74. The van der Waals surface area contributed by atoms with Gasteiger partial charge in [-0.2, -0.15) is 0 Å². The molecule has 138 valence electrons. The van der Waals surface area contributed by atoms with Gasteiger partial charge in [0, 0.05) is 56.8 Å². The number of aromatic nitrogens is 3. The third-order valence-electron chi connectivity index (χ3n) is 4.66. The Morgan fingerprint density at radius 2 is 2.19 bits per heavy atom. The summed E-state index contributed by atoms with van der Waals surface area (Å²) in [6.07, 6.45) is 4.00. The number of ether oxygens (including phenoxy) is 1. The highest BCUT2D eigenvalue weighted by Crippen LogP contribution is 2.25. The maximum Gasteiger partial charge on any atom is 0.251 e. The van der Waals surface area contributed by atoms with Gasteiger partial charge in [-0.3, -0.25) is 9.59 Å². The van der Waals surface area contributed by atoms with Crippen LogP contribution in [-0.4, -0.2) is 52.8 Å². The van der Waals surface area contributed by atoms with E-state index in [0.717, 1.165) is 17.9 Å². The molecule has 1 amide bonds. The highest BCUT2D eigenvalue weighted by molar-refractivity contribution is 5.94. The summed E-state index contributed by atoms with van der Waals surface area (Å²) < 4.78 is 6.93. The van der Waals surface area contributed by atoms with Gasteiger partial charge in [-0.25, -0.2) is 9.97 Å². The molecule has 3 heterocycles. The van der Waals surface area contributed by atoms with Gasteiger partial charge in [-0.05, 0) is 19.4 Å². The Kier molecular flexibility index (Phi) is 5.32. The van der Waals surface area contributed by atoms with Gasteiger partial charge in [0.15, 0.2) is 0 Å². The van der Waals surface area contributed by atoms with Crippen molar-refractivity contribution >= 4 is 11.7 Å². The van der Waals surface area contributed by atoms with E-state index in [-0.39, 0.29) is 23.6 Å². The second-order valence-electron chi connectivity index (χ2n) is 6.49. The SMILES string of the molecule is CO[C@H]1C[C@@H](CNC(=O)c2ccn(C)c(=O)c2)N(c2cc(C)ncn2)C1. The molecule has 0 bridgehead atoms. The van der Waals surface area contributed by atoms with Gasteiger partial charge in [0.05, 0.1) is 12.1 Å². The molecule has 2 aromatic rings. The van der Waals surface area contributed by atoms with Crippen molar-refractivity contribution in [2.45, 2.75) is 25.5 Å². The zero-order valence-corrected chi connectivity index (χ0v) is 15.2. The number of hydrogen-bond donors (Lipinski definition) is 1. The number of carbonyl (C=O) groups is 1. The first-order valence-electron chi connectivity index (χ1n) is 8.51. The van der Waals surface area contributed by atoms with E-state index < -0.39 is 0 Å². The molecule has 2 aromatic heterocycles. The van der Waals surface area contributed by atoms with Crippen LogP contribution in [0.2, 0.25) is 0 Å². The van der Waals surface area contributed by atoms with Gasteiger partial charge in [0.2, 0.25) is 0 Å². The summed E-state index contributed by atoms with van der Waals surface area (Å²) in [4.78, 5) is 34.7. The second-order valence-corrected chi connectivity index (χ2v) is 6.49. The molecule has 8 nitrogen and oxygen atoms in total. The summed E-state index contributed by atoms with van der Waals surface area (Å²) >= 11 is 0. The molecule has 2 atom stereocenters. The monoisotopic (exact) mass is 357 g/mol. The molecule has 0 saturated carbocycles. The van der Waals surface area contributed by atoms with Crippen molar-refractivity contribution < 1.29 is 9.53 Å². The summed E-state index contributed by atoms with van der Waals surface area (Å²) in [7, 11) is 3.34. The van der Waals surface area contributed by atoms with Crippen molar-refractivity contribution in [3.8, 4) is 0 Å². The number of hydrogen-bond acceptors (Lipinski definition) is 6. The third kappa shape index (κ3) is 3.91. The molecule has 1 aliphatic rings. The van der Waals surface area contributed by atoms with Crippen LogP contribution in [0.4, 0.5) is 5.82 Å². The standard InChI is InChI=1S/C18H23N5O3/c1-12-6-16(21-11-20-12)23-10-15(26-3)8-14(23)9-19-18(25)13-4-5-22(2)17(24)7-13/h4-7,11,14-15H,8-10H2,1-3H3,(H,19,25)/t14-,15-/m0/s1. The minimum atomic E-state index is -0.262. The molecule has 0 aliphatic carbocycles. The average Bonchev–Trinajstić information content (AvgIpc) is 3.05. The summed E-state index contributed by atoms with van der Waals surface area (Å²) in [6.45, 7) is 3.07. The number of methoxy groups -OCH3 is 1. The van der Waals surface area contributed by atoms with Gasteiger partial charge in [0.25, 0.3) is 11.5 Å². The molecule has 0 spiro atoms. The number of nitrogens with one attached hydrogen (secondary N) is 1. The van der Waals surface area contributed by atoms with Crippen LogP contribution in [-0.2, 0) is 11.8 Å². The molecule has 0 aromatic carbocycles. The summed E-state index contributed by atoms with van der Waals surface area (Å²) in [5.41, 5.74) is 1.04. The Morgan fingerprint density at radius 1 is 1.38 bits per heavy atom. The lowest BCUT2D eigenvalue weighted by Gasteiger charge is -2.25. The normalized spacial score (nSPS) is 19.6. The molecule has 0 unspecified atom stereocenters. The van der Waals surface area contributed by atoms with E-state index in [1.54, 1.807) is 32.7 Å². The van der Waals surface area contributed by atoms with Crippen molar-refractivity contribution in [2.75, 3.05) is 25.1 Å². The van der Waals surface area contributed by atoms with Gasteiger partial charge in [-0.1, -0.05) is 0 Å². The minimum absolute atomic E-state index is 0.0599. The van der Waals surface area contributed by atoms with Crippen molar-refractivity contribution in [3.63, 3.8) is 0 Å². The summed E-state index contributed by atoms with van der Waals surface area (Å²) in [6, 6.07) is 4.96. The number of rotatable bonds is 5. The predicted octanol–water partition coefficient (Wildman–Crippen LogP) is 0.507. The van der Waals surface area contributed by atoms with Gasteiger partial charge < -0.3 is 19.5 Å².